The fourth-order valence-corrected chi connectivity index (χ4v) is 2.36. The number of nitrogens with zero attached hydrogens (tertiary/aromatic N) is 2. The smallest absolute Gasteiger partial charge is 0.146 e. The van der Waals surface area contributed by atoms with Crippen molar-refractivity contribution in [2.45, 2.75) is 0 Å². The minimum absolute atomic E-state index is 0.130. The van der Waals surface area contributed by atoms with Gasteiger partial charge in [0.25, 0.3) is 0 Å². The summed E-state index contributed by atoms with van der Waals surface area (Å²) < 4.78 is 15.6. The molecular formula is C13H8BrFN2O. The third-order valence-electron chi connectivity index (χ3n) is 2.66. The van der Waals surface area contributed by atoms with Crippen LogP contribution in [-0.4, -0.2) is 14.5 Å². The van der Waals surface area contributed by atoms with E-state index < -0.39 is 0 Å². The summed E-state index contributed by atoms with van der Waals surface area (Å²) in [5.41, 5.74) is 1.47. The molecular weight excluding hydrogens is 299 g/mol. The maximum Gasteiger partial charge on any atom is 0.146 e. The van der Waals surface area contributed by atoms with E-state index in [1.165, 1.54) is 12.1 Å². The van der Waals surface area contributed by atoms with E-state index in [1.807, 2.05) is 0 Å². The van der Waals surface area contributed by atoms with Crippen molar-refractivity contribution in [2.75, 3.05) is 0 Å². The highest BCUT2D eigenvalue weighted by molar-refractivity contribution is 9.10. The minimum atomic E-state index is -0.319. The zero-order valence-corrected chi connectivity index (χ0v) is 10.7. The van der Waals surface area contributed by atoms with Gasteiger partial charge in [-0.3, -0.25) is 4.40 Å². The number of rotatable bonds is 1. The molecule has 2 heterocycles. The quantitative estimate of drug-likeness (QED) is 0.746. The maximum atomic E-state index is 13.2. The van der Waals surface area contributed by atoms with Crippen LogP contribution in [0.25, 0.3) is 16.9 Å². The largest absolute Gasteiger partial charge is 0.506 e. The lowest BCUT2D eigenvalue weighted by molar-refractivity contribution is 0.472. The molecule has 2 aromatic heterocycles. The van der Waals surface area contributed by atoms with E-state index in [2.05, 4.69) is 20.9 Å². The Morgan fingerprint density at radius 2 is 2.06 bits per heavy atom. The van der Waals surface area contributed by atoms with Gasteiger partial charge in [-0.2, -0.15) is 0 Å². The number of hydrogen-bond donors (Lipinski definition) is 1. The normalized spacial score (nSPS) is 11.0. The Hall–Kier alpha value is -1.88. The first kappa shape index (κ1) is 11.2. The van der Waals surface area contributed by atoms with Crippen LogP contribution in [0.15, 0.2) is 47.2 Å². The van der Waals surface area contributed by atoms with Crippen molar-refractivity contribution < 1.29 is 9.50 Å². The lowest BCUT2D eigenvalue weighted by atomic mass is 10.2. The Kier molecular flexibility index (Phi) is 2.56. The van der Waals surface area contributed by atoms with Gasteiger partial charge in [0.2, 0.25) is 0 Å². The molecule has 1 N–H and O–H groups in total. The molecule has 90 valence electrons. The Labute approximate surface area is 111 Å². The number of benzene rings is 1. The molecule has 0 radical (unpaired) electrons. The molecule has 3 aromatic rings. The second-order valence-corrected chi connectivity index (χ2v) is 4.63. The number of hydrogen-bond acceptors (Lipinski definition) is 2. The molecule has 0 saturated heterocycles. The van der Waals surface area contributed by atoms with E-state index in [4.69, 9.17) is 0 Å². The Morgan fingerprint density at radius 3 is 2.83 bits per heavy atom. The van der Waals surface area contributed by atoms with Crippen molar-refractivity contribution in [3.8, 4) is 17.1 Å². The first-order valence-electron chi connectivity index (χ1n) is 5.27. The maximum absolute atomic E-state index is 13.2. The fraction of sp³-hybridized carbons (Fsp3) is 0. The summed E-state index contributed by atoms with van der Waals surface area (Å²) in [6.07, 6.45) is 1.55. The van der Waals surface area contributed by atoms with E-state index in [9.17, 15) is 9.50 Å². The molecule has 5 heteroatoms. The Bertz CT molecular complexity index is 739. The number of fused-ring (bicyclic) bond motifs is 1. The van der Waals surface area contributed by atoms with Crippen LogP contribution in [0.3, 0.4) is 0 Å². The summed E-state index contributed by atoms with van der Waals surface area (Å²) in [6.45, 7) is 0. The lowest BCUT2D eigenvalue weighted by Crippen LogP contribution is -1.89. The second kappa shape index (κ2) is 4.10. The topological polar surface area (TPSA) is 37.5 Å². The Morgan fingerprint density at radius 1 is 1.22 bits per heavy atom. The van der Waals surface area contributed by atoms with Gasteiger partial charge in [0.05, 0.1) is 11.7 Å². The van der Waals surface area contributed by atoms with Gasteiger partial charge in [-0.25, -0.2) is 9.37 Å². The van der Waals surface area contributed by atoms with E-state index in [1.54, 1.807) is 34.9 Å². The van der Waals surface area contributed by atoms with Gasteiger partial charge in [0.15, 0.2) is 0 Å². The van der Waals surface area contributed by atoms with Crippen molar-refractivity contribution in [2.24, 2.45) is 0 Å². The molecule has 0 spiro atoms. The molecule has 0 saturated carbocycles. The molecule has 0 aliphatic carbocycles. The van der Waals surface area contributed by atoms with Crippen molar-refractivity contribution in [1.82, 2.24) is 9.38 Å². The van der Waals surface area contributed by atoms with Crippen LogP contribution in [0.1, 0.15) is 0 Å². The number of aromatic nitrogens is 2. The molecule has 18 heavy (non-hydrogen) atoms. The van der Waals surface area contributed by atoms with Gasteiger partial charge in [-0.15, -0.1) is 0 Å². The summed E-state index contributed by atoms with van der Waals surface area (Å²) in [7, 11) is 0. The summed E-state index contributed by atoms with van der Waals surface area (Å²) in [5.74, 6) is 0.387. The predicted molar refractivity (Wildman–Crippen MR) is 70.0 cm³/mol. The minimum Gasteiger partial charge on any atom is -0.506 e. The molecule has 3 nitrogen and oxygen atoms in total. The molecule has 0 atom stereocenters. The van der Waals surface area contributed by atoms with Gasteiger partial charge in [0.1, 0.15) is 22.0 Å². The molecule has 1 aromatic carbocycles. The van der Waals surface area contributed by atoms with Gasteiger partial charge in [-0.1, -0.05) is 12.1 Å². The molecule has 0 unspecified atom stereocenters. The zero-order chi connectivity index (χ0) is 12.7. The molecule has 0 bridgehead atoms. The lowest BCUT2D eigenvalue weighted by Gasteiger charge is -2.02. The highest BCUT2D eigenvalue weighted by atomic mass is 79.9. The highest BCUT2D eigenvalue weighted by Gasteiger charge is 2.11. The van der Waals surface area contributed by atoms with Crippen LogP contribution in [-0.2, 0) is 0 Å². The van der Waals surface area contributed by atoms with E-state index in [-0.39, 0.29) is 11.6 Å². The van der Waals surface area contributed by atoms with E-state index in [0.29, 0.717) is 16.0 Å². The van der Waals surface area contributed by atoms with Crippen LogP contribution in [0.4, 0.5) is 4.39 Å². The average molecular weight is 307 g/mol. The van der Waals surface area contributed by atoms with Crippen LogP contribution in [0.2, 0.25) is 0 Å². The Balaban J connectivity index is 2.32. The van der Waals surface area contributed by atoms with Gasteiger partial charge in [0, 0.05) is 5.56 Å². The molecule has 0 aliphatic rings. The predicted octanol–water partition coefficient (Wildman–Crippen LogP) is 3.61. The average Bonchev–Trinajstić information content (AvgIpc) is 2.66. The van der Waals surface area contributed by atoms with Crippen molar-refractivity contribution in [1.29, 1.82) is 0 Å². The third-order valence-corrected chi connectivity index (χ3v) is 3.24. The first-order chi connectivity index (χ1) is 8.65. The standard InChI is InChI=1S/C13H8BrFN2O/c14-12-11-5-4-10(18)7-17(11)13(16-12)8-2-1-3-9(15)6-8/h1-7,18H. The van der Waals surface area contributed by atoms with Crippen LogP contribution < -0.4 is 0 Å². The van der Waals surface area contributed by atoms with Gasteiger partial charge in [-0.05, 0) is 40.2 Å². The third kappa shape index (κ3) is 1.76. The van der Waals surface area contributed by atoms with E-state index in [0.717, 1.165) is 5.52 Å². The summed E-state index contributed by atoms with van der Waals surface area (Å²) in [4.78, 5) is 4.34. The summed E-state index contributed by atoms with van der Waals surface area (Å²) in [6, 6.07) is 9.51. The molecule has 0 amide bonds. The summed E-state index contributed by atoms with van der Waals surface area (Å²) in [5, 5.41) is 9.53. The molecule has 0 fully saturated rings. The van der Waals surface area contributed by atoms with E-state index >= 15 is 0 Å². The second-order valence-electron chi connectivity index (χ2n) is 3.88. The number of imidazole rings is 1. The SMILES string of the molecule is Oc1ccc2c(Br)nc(-c3cccc(F)c3)n2c1. The van der Waals surface area contributed by atoms with Crippen molar-refractivity contribution in [3.63, 3.8) is 0 Å². The zero-order valence-electron chi connectivity index (χ0n) is 9.14. The van der Waals surface area contributed by atoms with Crippen LogP contribution >= 0.6 is 15.9 Å². The number of pyridine rings is 1. The molecule has 3 rings (SSSR count). The fourth-order valence-electron chi connectivity index (χ4n) is 1.87. The first-order valence-corrected chi connectivity index (χ1v) is 6.07. The number of halogens is 2. The molecule has 0 aliphatic heterocycles. The van der Waals surface area contributed by atoms with Gasteiger partial charge < -0.3 is 5.11 Å². The highest BCUT2D eigenvalue weighted by Crippen LogP contribution is 2.28. The summed E-state index contributed by atoms with van der Waals surface area (Å²) >= 11 is 3.35. The van der Waals surface area contributed by atoms with Crippen LogP contribution in [0.5, 0.6) is 5.75 Å². The monoisotopic (exact) mass is 306 g/mol. The van der Waals surface area contributed by atoms with Crippen LogP contribution in [0, 0.1) is 5.82 Å². The van der Waals surface area contributed by atoms with Crippen molar-refractivity contribution >= 4 is 21.4 Å². The van der Waals surface area contributed by atoms with Crippen molar-refractivity contribution in [3.05, 3.63) is 53.0 Å². The number of aromatic hydroxyl groups is 1. The van der Waals surface area contributed by atoms with Gasteiger partial charge >= 0.3 is 0 Å².